The summed E-state index contributed by atoms with van der Waals surface area (Å²) < 4.78 is 41.0. The van der Waals surface area contributed by atoms with Gasteiger partial charge in [0.15, 0.2) is 0 Å². The van der Waals surface area contributed by atoms with Gasteiger partial charge in [0.2, 0.25) is 0 Å². The molecule has 26 heavy (non-hydrogen) atoms. The molecule has 1 unspecified atom stereocenters. The molecule has 8 heteroatoms. The van der Waals surface area contributed by atoms with Gasteiger partial charge < -0.3 is 5.73 Å². The highest BCUT2D eigenvalue weighted by molar-refractivity contribution is 6.29. The number of nitrogens with two attached hydrogens (primary N) is 1. The summed E-state index contributed by atoms with van der Waals surface area (Å²) in [5.74, 6) is -2.42. The maximum Gasteiger partial charge on any atom is 0.430 e. The number of benzene rings is 2. The minimum Gasteiger partial charge on any atom is -0.397 e. The first-order valence-corrected chi connectivity index (χ1v) is 7.73. The van der Waals surface area contributed by atoms with E-state index in [4.69, 9.17) is 5.73 Å². The first kappa shape index (κ1) is 17.7. The standard InChI is InChI=1S/C18H15F3N4O/c1-11-15(17(26)25(24-11)12-7-3-2-4-8-12)16(18(19,20)21)23-14-10-6-5-9-13(14)22/h2-10,15H,22H2,1H3. The molecule has 2 aromatic carbocycles. The van der Waals surface area contributed by atoms with Crippen LogP contribution in [0.3, 0.4) is 0 Å². The van der Waals surface area contributed by atoms with Crippen molar-refractivity contribution in [1.82, 2.24) is 0 Å². The zero-order valence-corrected chi connectivity index (χ0v) is 13.7. The molecule has 5 nitrogen and oxygen atoms in total. The van der Waals surface area contributed by atoms with Gasteiger partial charge in [-0.05, 0) is 31.2 Å². The monoisotopic (exact) mass is 360 g/mol. The molecule has 1 aliphatic rings. The van der Waals surface area contributed by atoms with Gasteiger partial charge in [0.25, 0.3) is 5.91 Å². The van der Waals surface area contributed by atoms with Gasteiger partial charge in [-0.25, -0.2) is 4.99 Å². The fourth-order valence-electron chi connectivity index (χ4n) is 2.65. The third-order valence-electron chi connectivity index (χ3n) is 3.87. The number of anilines is 2. The Hall–Kier alpha value is -3.16. The van der Waals surface area contributed by atoms with Crippen molar-refractivity contribution in [3.8, 4) is 0 Å². The van der Waals surface area contributed by atoms with E-state index in [1.54, 1.807) is 36.4 Å². The highest BCUT2D eigenvalue weighted by atomic mass is 19.4. The van der Waals surface area contributed by atoms with E-state index in [2.05, 4.69) is 10.1 Å². The quantitative estimate of drug-likeness (QED) is 0.665. The van der Waals surface area contributed by atoms with E-state index in [0.29, 0.717) is 5.69 Å². The molecular weight excluding hydrogens is 345 g/mol. The molecule has 1 heterocycles. The molecule has 0 saturated heterocycles. The highest BCUT2D eigenvalue weighted by Gasteiger charge is 2.49. The zero-order chi connectivity index (χ0) is 18.9. The Balaban J connectivity index is 2.05. The minimum absolute atomic E-state index is 0.0180. The van der Waals surface area contributed by atoms with Crippen LogP contribution in [-0.4, -0.2) is 23.5 Å². The molecule has 0 radical (unpaired) electrons. The predicted octanol–water partition coefficient (Wildman–Crippen LogP) is 3.94. The number of hydrogen-bond donors (Lipinski definition) is 1. The van der Waals surface area contributed by atoms with Crippen molar-refractivity contribution < 1.29 is 18.0 Å². The van der Waals surface area contributed by atoms with Crippen molar-refractivity contribution in [3.63, 3.8) is 0 Å². The molecule has 0 spiro atoms. The summed E-state index contributed by atoms with van der Waals surface area (Å²) >= 11 is 0. The van der Waals surface area contributed by atoms with Crippen molar-refractivity contribution in [1.29, 1.82) is 0 Å². The second-order valence-corrected chi connectivity index (χ2v) is 5.71. The van der Waals surface area contributed by atoms with Crippen LogP contribution in [0.5, 0.6) is 0 Å². The van der Waals surface area contributed by atoms with Crippen LogP contribution in [-0.2, 0) is 4.79 Å². The Labute approximate surface area is 147 Å². The highest BCUT2D eigenvalue weighted by Crippen LogP contribution is 2.33. The molecule has 2 aromatic rings. The second kappa shape index (κ2) is 6.62. The molecule has 1 atom stereocenters. The molecule has 134 valence electrons. The molecule has 1 amide bonds. The first-order chi connectivity index (χ1) is 12.3. The van der Waals surface area contributed by atoms with Crippen LogP contribution in [0.2, 0.25) is 0 Å². The largest absolute Gasteiger partial charge is 0.430 e. The Kier molecular flexibility index (Phi) is 4.50. The number of carbonyl (C=O) groups is 1. The summed E-state index contributed by atoms with van der Waals surface area (Å²) in [6.45, 7) is 1.38. The first-order valence-electron chi connectivity index (χ1n) is 7.73. The zero-order valence-electron chi connectivity index (χ0n) is 13.7. The van der Waals surface area contributed by atoms with E-state index in [9.17, 15) is 18.0 Å². The normalized spacial score (nSPS) is 18.2. The van der Waals surface area contributed by atoms with Crippen LogP contribution in [0.15, 0.2) is 64.7 Å². The number of nitrogens with zero attached hydrogens (tertiary/aromatic N) is 3. The molecule has 0 fully saturated rings. The van der Waals surface area contributed by atoms with Gasteiger partial charge in [-0.2, -0.15) is 23.3 Å². The number of nitrogen functional groups attached to an aromatic ring is 1. The molecule has 1 aliphatic heterocycles. The smallest absolute Gasteiger partial charge is 0.397 e. The number of para-hydroxylation sites is 3. The minimum atomic E-state index is -4.81. The van der Waals surface area contributed by atoms with Gasteiger partial charge in [-0.3, -0.25) is 4.79 Å². The van der Waals surface area contributed by atoms with Gasteiger partial charge >= 0.3 is 6.18 Å². The van der Waals surface area contributed by atoms with Crippen molar-refractivity contribution in [2.45, 2.75) is 13.1 Å². The van der Waals surface area contributed by atoms with E-state index in [-0.39, 0.29) is 17.1 Å². The number of rotatable bonds is 3. The average molecular weight is 360 g/mol. The van der Waals surface area contributed by atoms with Gasteiger partial charge in [0, 0.05) is 0 Å². The molecule has 0 aromatic heterocycles. The lowest BCUT2D eigenvalue weighted by molar-refractivity contribution is -0.119. The molecule has 0 aliphatic carbocycles. The summed E-state index contributed by atoms with van der Waals surface area (Å²) in [7, 11) is 0. The number of aliphatic imine (C=N–C) groups is 1. The maximum atomic E-state index is 13.7. The Morgan fingerprint density at radius 2 is 1.73 bits per heavy atom. The summed E-state index contributed by atoms with van der Waals surface area (Å²) in [5.41, 5.74) is 4.92. The number of amides is 1. The lowest BCUT2D eigenvalue weighted by Crippen LogP contribution is -2.40. The number of carbonyl (C=O) groups excluding carboxylic acids is 1. The SMILES string of the molecule is CC1=NN(c2ccccc2)C(=O)C1C(=Nc1ccccc1N)C(F)(F)F. The number of halogens is 3. The van der Waals surface area contributed by atoms with Crippen molar-refractivity contribution in [2.75, 3.05) is 10.7 Å². The van der Waals surface area contributed by atoms with Gasteiger partial charge in [-0.15, -0.1) is 0 Å². The van der Waals surface area contributed by atoms with Gasteiger partial charge in [0.1, 0.15) is 11.6 Å². The maximum absolute atomic E-state index is 13.7. The third-order valence-corrected chi connectivity index (χ3v) is 3.87. The summed E-state index contributed by atoms with van der Waals surface area (Å²) in [5, 5.41) is 4.98. The van der Waals surface area contributed by atoms with Crippen LogP contribution in [0.4, 0.5) is 30.2 Å². The third kappa shape index (κ3) is 3.30. The average Bonchev–Trinajstić information content (AvgIpc) is 2.88. The topological polar surface area (TPSA) is 71.0 Å². The summed E-state index contributed by atoms with van der Waals surface area (Å²) in [6.07, 6.45) is -4.81. The lowest BCUT2D eigenvalue weighted by Gasteiger charge is -2.18. The second-order valence-electron chi connectivity index (χ2n) is 5.71. The van der Waals surface area contributed by atoms with Gasteiger partial charge in [-0.1, -0.05) is 30.3 Å². The van der Waals surface area contributed by atoms with E-state index in [1.807, 2.05) is 0 Å². The van der Waals surface area contributed by atoms with E-state index in [0.717, 1.165) is 5.01 Å². The van der Waals surface area contributed by atoms with Crippen LogP contribution < -0.4 is 10.7 Å². The molecule has 2 N–H and O–H groups in total. The molecule has 0 saturated carbocycles. The summed E-state index contributed by atoms with van der Waals surface area (Å²) in [6, 6.07) is 14.2. The van der Waals surface area contributed by atoms with Crippen molar-refractivity contribution >= 4 is 34.4 Å². The number of hydrazone groups is 1. The molecular formula is C18H15F3N4O. The van der Waals surface area contributed by atoms with Crippen LogP contribution in [0.25, 0.3) is 0 Å². The fourth-order valence-corrected chi connectivity index (χ4v) is 2.65. The Morgan fingerprint density at radius 3 is 2.35 bits per heavy atom. The predicted molar refractivity (Wildman–Crippen MR) is 94.5 cm³/mol. The van der Waals surface area contributed by atoms with Crippen LogP contribution in [0.1, 0.15) is 6.92 Å². The number of hydrogen-bond acceptors (Lipinski definition) is 4. The van der Waals surface area contributed by atoms with E-state index < -0.39 is 23.7 Å². The lowest BCUT2D eigenvalue weighted by atomic mass is 9.97. The Morgan fingerprint density at radius 1 is 1.12 bits per heavy atom. The number of alkyl halides is 3. The van der Waals surface area contributed by atoms with Crippen LogP contribution in [0, 0.1) is 5.92 Å². The molecule has 0 bridgehead atoms. The summed E-state index contributed by atoms with van der Waals surface area (Å²) in [4.78, 5) is 16.4. The van der Waals surface area contributed by atoms with E-state index in [1.165, 1.54) is 25.1 Å². The van der Waals surface area contributed by atoms with E-state index >= 15 is 0 Å². The molecule has 3 rings (SSSR count). The van der Waals surface area contributed by atoms with Crippen molar-refractivity contribution in [3.05, 3.63) is 54.6 Å². The fraction of sp³-hybridized carbons (Fsp3) is 0.167. The Bertz CT molecular complexity index is 891. The van der Waals surface area contributed by atoms with Crippen molar-refractivity contribution in [2.24, 2.45) is 16.0 Å². The van der Waals surface area contributed by atoms with Crippen LogP contribution >= 0.6 is 0 Å². The van der Waals surface area contributed by atoms with Gasteiger partial charge in [0.05, 0.1) is 22.8 Å².